The number of nitrogens with zero attached hydrogens (tertiary/aromatic N) is 3. The van der Waals surface area contributed by atoms with E-state index >= 15 is 0 Å². The number of carbonyl (C=O) groups is 1. The second kappa shape index (κ2) is 6.36. The van der Waals surface area contributed by atoms with Gasteiger partial charge >= 0.3 is 0 Å². The Hall–Kier alpha value is -1.81. The van der Waals surface area contributed by atoms with Crippen LogP contribution in [0.15, 0.2) is 21.5 Å². The lowest BCUT2D eigenvalue weighted by atomic mass is 10.0. The minimum atomic E-state index is -1.40. The quantitative estimate of drug-likeness (QED) is 0.691. The highest BCUT2D eigenvalue weighted by Gasteiger charge is 2.44. The van der Waals surface area contributed by atoms with Gasteiger partial charge in [-0.05, 0) is 6.92 Å². The van der Waals surface area contributed by atoms with E-state index in [0.29, 0.717) is 24.5 Å². The van der Waals surface area contributed by atoms with Crippen LogP contribution in [0.3, 0.4) is 0 Å². The van der Waals surface area contributed by atoms with Crippen molar-refractivity contribution in [2.75, 3.05) is 19.6 Å². The molecule has 3 N–H and O–H groups in total. The van der Waals surface area contributed by atoms with E-state index in [-0.39, 0.29) is 19.0 Å². The Balaban J connectivity index is 1.57. The topological polar surface area (TPSA) is 112 Å². The average Bonchev–Trinajstić information content (AvgIpc) is 3.21. The predicted molar refractivity (Wildman–Crippen MR) is 81.9 cm³/mol. The first kappa shape index (κ1) is 16.1. The number of amides is 1. The molecule has 1 saturated heterocycles. The Kier molecular flexibility index (Phi) is 4.44. The number of aliphatic hydroxyl groups excluding tert-OH is 1. The van der Waals surface area contributed by atoms with Gasteiger partial charge in [0.15, 0.2) is 0 Å². The van der Waals surface area contributed by atoms with E-state index in [1.807, 2.05) is 11.0 Å². The molecule has 0 unspecified atom stereocenters. The Morgan fingerprint density at radius 3 is 3.13 bits per heavy atom. The Morgan fingerprint density at radius 2 is 2.48 bits per heavy atom. The summed E-state index contributed by atoms with van der Waals surface area (Å²) in [6.07, 6.45) is -0.953. The van der Waals surface area contributed by atoms with E-state index in [1.54, 1.807) is 17.8 Å². The zero-order valence-corrected chi connectivity index (χ0v) is 13.4. The number of carbonyl (C=O) groups excluding carboxylic acids is 1. The summed E-state index contributed by atoms with van der Waals surface area (Å²) in [5, 5.41) is 28.9. The first-order valence-electron chi connectivity index (χ1n) is 7.18. The summed E-state index contributed by atoms with van der Waals surface area (Å²) in [6, 6.07) is 1.81. The van der Waals surface area contributed by atoms with Crippen LogP contribution in [0.4, 0.5) is 0 Å². The van der Waals surface area contributed by atoms with Crippen LogP contribution in [-0.4, -0.2) is 62.5 Å². The van der Waals surface area contributed by atoms with Gasteiger partial charge in [0.1, 0.15) is 17.1 Å². The summed E-state index contributed by atoms with van der Waals surface area (Å²) in [4.78, 5) is 17.7. The van der Waals surface area contributed by atoms with Crippen LogP contribution in [0, 0.1) is 6.92 Å². The number of β-amino-alcohol motifs (C(OH)–C–C–N with tert-alkyl or cyclic N) is 2. The third kappa shape index (κ3) is 3.58. The second-order valence-corrected chi connectivity index (χ2v) is 6.49. The van der Waals surface area contributed by atoms with E-state index in [9.17, 15) is 15.0 Å². The fraction of sp³-hybridized carbons (Fsp3) is 0.500. The maximum Gasteiger partial charge on any atom is 0.270 e. The van der Waals surface area contributed by atoms with Gasteiger partial charge in [-0.1, -0.05) is 5.16 Å². The van der Waals surface area contributed by atoms with Gasteiger partial charge in [-0.2, -0.15) is 0 Å². The zero-order chi connectivity index (χ0) is 16.4. The molecule has 1 aliphatic heterocycles. The normalized spacial score (nSPS) is 24.9. The Labute approximate surface area is 136 Å². The van der Waals surface area contributed by atoms with Crippen LogP contribution < -0.4 is 5.32 Å². The van der Waals surface area contributed by atoms with Gasteiger partial charge in [-0.15, -0.1) is 11.3 Å². The van der Waals surface area contributed by atoms with Gasteiger partial charge < -0.3 is 20.1 Å². The maximum atomic E-state index is 11.9. The smallest absolute Gasteiger partial charge is 0.270 e. The van der Waals surface area contributed by atoms with E-state index in [0.717, 1.165) is 5.69 Å². The fourth-order valence-electron chi connectivity index (χ4n) is 2.64. The van der Waals surface area contributed by atoms with Gasteiger partial charge in [-0.3, -0.25) is 9.69 Å². The molecule has 2 aromatic rings. The van der Waals surface area contributed by atoms with E-state index < -0.39 is 11.7 Å². The van der Waals surface area contributed by atoms with E-state index in [1.165, 1.54) is 11.3 Å². The van der Waals surface area contributed by atoms with Gasteiger partial charge in [0.25, 0.3) is 5.91 Å². The van der Waals surface area contributed by atoms with E-state index in [2.05, 4.69) is 15.5 Å². The first-order valence-corrected chi connectivity index (χ1v) is 8.12. The number of rotatable bonds is 5. The third-order valence-corrected chi connectivity index (χ3v) is 4.42. The monoisotopic (exact) mass is 338 g/mol. The number of hydrogen-bond acceptors (Lipinski definition) is 8. The van der Waals surface area contributed by atoms with Crippen LogP contribution in [0.1, 0.15) is 21.9 Å². The molecular weight excluding hydrogens is 320 g/mol. The zero-order valence-electron chi connectivity index (χ0n) is 12.6. The second-order valence-electron chi connectivity index (χ2n) is 5.77. The molecule has 0 aromatic carbocycles. The van der Waals surface area contributed by atoms with Crippen LogP contribution in [0.25, 0.3) is 0 Å². The van der Waals surface area contributed by atoms with Gasteiger partial charge in [0.05, 0.1) is 23.9 Å². The molecule has 8 nitrogen and oxygen atoms in total. The summed E-state index contributed by atoms with van der Waals surface area (Å²) in [5.74, 6) is 0.350. The number of likely N-dealkylation sites (tertiary alicyclic amines) is 1. The molecule has 0 radical (unpaired) electrons. The number of aryl methyl sites for hydroxylation is 1. The lowest BCUT2D eigenvalue weighted by Crippen LogP contribution is -2.51. The number of aromatic nitrogens is 2. The standard InChI is InChI=1S/C14H18N4O4S/c1-9-2-10(17-22-9)3-18-4-12(19)14(21,7-18)6-15-13(20)11-5-23-8-16-11/h2,5,8,12,19,21H,3-4,6-7H2,1H3,(H,15,20)/t12-,14+/m1/s1. The fourth-order valence-corrected chi connectivity index (χ4v) is 3.17. The summed E-state index contributed by atoms with van der Waals surface area (Å²) in [5.41, 5.74) is 1.21. The average molecular weight is 338 g/mol. The third-order valence-electron chi connectivity index (χ3n) is 3.83. The molecule has 1 amide bonds. The van der Waals surface area contributed by atoms with Crippen molar-refractivity contribution in [2.24, 2.45) is 0 Å². The number of thiazole rings is 1. The van der Waals surface area contributed by atoms with Crippen molar-refractivity contribution >= 4 is 17.2 Å². The first-order chi connectivity index (χ1) is 11.0. The van der Waals surface area contributed by atoms with Crippen LogP contribution in [0.2, 0.25) is 0 Å². The lowest BCUT2D eigenvalue weighted by Gasteiger charge is -2.26. The van der Waals surface area contributed by atoms with Gasteiger partial charge in [-0.25, -0.2) is 4.98 Å². The van der Waals surface area contributed by atoms with Gasteiger partial charge in [0.2, 0.25) is 0 Å². The molecule has 124 valence electrons. The molecule has 9 heteroatoms. The minimum absolute atomic E-state index is 0.0428. The highest BCUT2D eigenvalue weighted by atomic mass is 32.1. The molecule has 3 rings (SSSR count). The van der Waals surface area contributed by atoms with Gasteiger partial charge in [0, 0.05) is 31.1 Å². The van der Waals surface area contributed by atoms with Crippen LogP contribution in [0.5, 0.6) is 0 Å². The summed E-state index contributed by atoms with van der Waals surface area (Å²) in [7, 11) is 0. The van der Waals surface area contributed by atoms with Crippen LogP contribution in [-0.2, 0) is 6.54 Å². The SMILES string of the molecule is Cc1cc(CN2C[C@@H](O)[C@](O)(CNC(=O)c3cscn3)C2)no1. The van der Waals surface area contributed by atoms with Crippen molar-refractivity contribution in [3.8, 4) is 0 Å². The molecule has 23 heavy (non-hydrogen) atoms. The van der Waals surface area contributed by atoms with Crippen molar-refractivity contribution in [2.45, 2.75) is 25.2 Å². The molecule has 3 heterocycles. The molecule has 2 aromatic heterocycles. The molecule has 1 aliphatic rings. The van der Waals surface area contributed by atoms with Crippen molar-refractivity contribution in [3.63, 3.8) is 0 Å². The molecule has 0 saturated carbocycles. The molecule has 1 fully saturated rings. The molecular formula is C14H18N4O4S. The number of hydrogen-bond donors (Lipinski definition) is 3. The van der Waals surface area contributed by atoms with Crippen molar-refractivity contribution in [1.82, 2.24) is 20.4 Å². The summed E-state index contributed by atoms with van der Waals surface area (Å²) >= 11 is 1.32. The molecule has 0 aliphatic carbocycles. The molecule has 0 spiro atoms. The van der Waals surface area contributed by atoms with Crippen molar-refractivity contribution < 1.29 is 19.5 Å². The highest BCUT2D eigenvalue weighted by molar-refractivity contribution is 7.07. The van der Waals surface area contributed by atoms with Crippen molar-refractivity contribution in [3.05, 3.63) is 34.1 Å². The molecule has 0 bridgehead atoms. The number of aliphatic hydroxyl groups is 2. The Morgan fingerprint density at radius 1 is 1.65 bits per heavy atom. The predicted octanol–water partition coefficient (Wildman–Crippen LogP) is -0.223. The lowest BCUT2D eigenvalue weighted by molar-refractivity contribution is -0.0377. The van der Waals surface area contributed by atoms with Crippen molar-refractivity contribution in [1.29, 1.82) is 0 Å². The summed E-state index contributed by atoms with van der Waals surface area (Å²) in [6.45, 7) is 2.77. The molecule has 2 atom stereocenters. The van der Waals surface area contributed by atoms with E-state index in [4.69, 9.17) is 4.52 Å². The number of nitrogens with one attached hydrogen (secondary N) is 1. The summed E-state index contributed by atoms with van der Waals surface area (Å²) < 4.78 is 5.01. The maximum absolute atomic E-state index is 11.9. The Bertz CT molecular complexity index is 674. The largest absolute Gasteiger partial charge is 0.389 e. The minimum Gasteiger partial charge on any atom is -0.389 e. The van der Waals surface area contributed by atoms with Crippen LogP contribution >= 0.6 is 11.3 Å². The highest BCUT2D eigenvalue weighted by Crippen LogP contribution is 2.23.